The number of likely N-dealkylation sites (tertiary alicyclic amines) is 1. The summed E-state index contributed by atoms with van der Waals surface area (Å²) in [5, 5.41) is 3.23. The molecular weight excluding hydrogens is 571 g/mol. The van der Waals surface area contributed by atoms with Crippen LogP contribution in [0.15, 0.2) is 48.8 Å². The summed E-state index contributed by atoms with van der Waals surface area (Å²) >= 11 is 0. The number of halogens is 3. The topological polar surface area (TPSA) is 87.7 Å². The number of nitrogens with one attached hydrogen (secondary N) is 1. The second-order valence-electron chi connectivity index (χ2n) is 10.6. The van der Waals surface area contributed by atoms with Gasteiger partial charge in [0.2, 0.25) is 5.91 Å². The van der Waals surface area contributed by atoms with Crippen molar-refractivity contribution in [3.8, 4) is 23.0 Å². The molecule has 0 radical (unpaired) electrons. The summed E-state index contributed by atoms with van der Waals surface area (Å²) in [4.78, 5) is 33.8. The molecule has 3 aromatic rings. The Labute approximate surface area is 255 Å². The van der Waals surface area contributed by atoms with E-state index in [2.05, 4.69) is 58.2 Å². The van der Waals surface area contributed by atoms with E-state index < -0.39 is 11.9 Å². The maximum absolute atomic E-state index is 11.9. The van der Waals surface area contributed by atoms with Crippen molar-refractivity contribution in [1.29, 1.82) is 0 Å². The van der Waals surface area contributed by atoms with Gasteiger partial charge in [-0.1, -0.05) is 12.0 Å². The van der Waals surface area contributed by atoms with Crippen LogP contribution >= 0.6 is 0 Å². The number of anilines is 2. The Kier molecular flexibility index (Phi) is 11.0. The van der Waals surface area contributed by atoms with E-state index in [-0.39, 0.29) is 11.5 Å². The van der Waals surface area contributed by atoms with Crippen LogP contribution in [0.3, 0.4) is 0 Å². The van der Waals surface area contributed by atoms with Crippen LogP contribution in [-0.4, -0.2) is 73.5 Å². The van der Waals surface area contributed by atoms with Gasteiger partial charge in [0, 0.05) is 75.3 Å². The Morgan fingerprint density at radius 3 is 2.43 bits per heavy atom. The predicted molar refractivity (Wildman–Crippen MR) is 163 cm³/mol. The molecule has 2 aliphatic rings. The molecule has 1 aromatic carbocycles. The van der Waals surface area contributed by atoms with Crippen molar-refractivity contribution in [2.75, 3.05) is 56.7 Å². The third-order valence-corrected chi connectivity index (χ3v) is 7.60. The first-order valence-corrected chi connectivity index (χ1v) is 14.5. The monoisotopic (exact) mass is 607 g/mol. The number of hydrogen-bond donors (Lipinski definition) is 1. The summed E-state index contributed by atoms with van der Waals surface area (Å²) in [6, 6.07) is 10.5. The number of rotatable bonds is 4. The molecule has 11 heteroatoms. The van der Waals surface area contributed by atoms with E-state index >= 15 is 0 Å². The largest absolute Gasteiger partial charge is 0.433 e. The van der Waals surface area contributed by atoms with Gasteiger partial charge in [0.25, 0.3) is 0 Å². The summed E-state index contributed by atoms with van der Waals surface area (Å²) in [5.41, 5.74) is 5.40. The normalized spacial score (nSPS) is 15.4. The van der Waals surface area contributed by atoms with Crippen molar-refractivity contribution in [3.05, 3.63) is 71.3 Å². The number of pyridine rings is 2. The fourth-order valence-electron chi connectivity index (χ4n) is 5.01. The second-order valence-corrected chi connectivity index (χ2v) is 10.6. The SMILES string of the molecule is CNc1ccc(C)c(-c2cnc(C#CC3CCN(C(C)=O)CC3)c(N3CCOCC3)c2)c1.O=Cc1ccnc(C(F)(F)F)c1. The van der Waals surface area contributed by atoms with E-state index in [0.29, 0.717) is 18.3 Å². The van der Waals surface area contributed by atoms with Crippen LogP contribution < -0.4 is 10.2 Å². The van der Waals surface area contributed by atoms with E-state index in [9.17, 15) is 22.8 Å². The number of aryl methyl sites for hydroxylation is 1. The number of morpholine rings is 1. The zero-order chi connectivity index (χ0) is 31.7. The number of aromatic nitrogens is 2. The molecule has 4 heterocycles. The van der Waals surface area contributed by atoms with Crippen LogP contribution in [-0.2, 0) is 15.7 Å². The van der Waals surface area contributed by atoms with Crippen molar-refractivity contribution in [2.45, 2.75) is 32.9 Å². The standard InChI is InChI=1S/C26H32N4O2.C7H4F3NO/c1-19-4-6-23(27-3)17-24(19)22-16-26(30-12-14-32-15-13-30)25(28-18-22)7-5-21-8-10-29(11-9-21)20(2)31;8-7(9,10)6-3-5(4-12)1-2-11-6/h4,6,16-18,21,27H,8-15H2,1-3H3;1-4H. The van der Waals surface area contributed by atoms with Gasteiger partial charge >= 0.3 is 6.18 Å². The predicted octanol–water partition coefficient (Wildman–Crippen LogP) is 5.46. The van der Waals surface area contributed by atoms with Crippen LogP contribution in [0.1, 0.15) is 47.1 Å². The van der Waals surface area contributed by atoms with E-state index in [4.69, 9.17) is 9.72 Å². The number of carbonyl (C=O) groups is 2. The van der Waals surface area contributed by atoms with Gasteiger partial charge in [-0.3, -0.25) is 14.6 Å². The molecule has 0 atom stereocenters. The van der Waals surface area contributed by atoms with Gasteiger partial charge in [-0.25, -0.2) is 4.98 Å². The lowest BCUT2D eigenvalue weighted by atomic mass is 9.97. The second kappa shape index (κ2) is 14.8. The Balaban J connectivity index is 0.000000309. The molecule has 0 unspecified atom stereocenters. The molecule has 0 spiro atoms. The fraction of sp³-hybridized carbons (Fsp3) is 0.394. The van der Waals surface area contributed by atoms with Crippen molar-refractivity contribution >= 4 is 23.6 Å². The number of hydrogen-bond acceptors (Lipinski definition) is 7. The highest BCUT2D eigenvalue weighted by Crippen LogP contribution is 2.31. The van der Waals surface area contributed by atoms with Gasteiger partial charge in [0.1, 0.15) is 17.7 Å². The Morgan fingerprint density at radius 2 is 1.80 bits per heavy atom. The first-order chi connectivity index (χ1) is 21.1. The molecule has 0 aliphatic carbocycles. The molecule has 2 aromatic heterocycles. The maximum atomic E-state index is 11.9. The molecular formula is C33H36F3N5O3. The lowest BCUT2D eigenvalue weighted by Crippen LogP contribution is -2.37. The number of ether oxygens (including phenoxy) is 1. The number of piperidine rings is 1. The number of nitrogens with zero attached hydrogens (tertiary/aromatic N) is 4. The molecule has 0 saturated carbocycles. The fourth-order valence-corrected chi connectivity index (χ4v) is 5.01. The van der Waals surface area contributed by atoms with Gasteiger partial charge in [0.15, 0.2) is 0 Å². The minimum atomic E-state index is -4.49. The van der Waals surface area contributed by atoms with Crippen molar-refractivity contribution in [3.63, 3.8) is 0 Å². The van der Waals surface area contributed by atoms with Crippen molar-refractivity contribution in [1.82, 2.24) is 14.9 Å². The smallest absolute Gasteiger partial charge is 0.388 e. The summed E-state index contributed by atoms with van der Waals surface area (Å²) < 4.78 is 41.3. The molecule has 232 valence electrons. The first-order valence-electron chi connectivity index (χ1n) is 14.5. The first kappa shape index (κ1) is 32.5. The van der Waals surface area contributed by atoms with Crippen molar-refractivity contribution in [2.24, 2.45) is 5.92 Å². The average Bonchev–Trinajstić information content (AvgIpc) is 3.04. The lowest BCUT2D eigenvalue weighted by molar-refractivity contribution is -0.141. The van der Waals surface area contributed by atoms with E-state index in [0.717, 1.165) is 81.1 Å². The Hall–Kier alpha value is -4.43. The van der Waals surface area contributed by atoms with E-state index in [1.54, 1.807) is 6.92 Å². The van der Waals surface area contributed by atoms with Gasteiger partial charge in [-0.15, -0.1) is 0 Å². The number of benzene rings is 1. The quantitative estimate of drug-likeness (QED) is 0.312. The zero-order valence-electron chi connectivity index (χ0n) is 25.1. The summed E-state index contributed by atoms with van der Waals surface area (Å²) in [7, 11) is 1.94. The lowest BCUT2D eigenvalue weighted by Gasteiger charge is -2.30. The number of amides is 1. The van der Waals surface area contributed by atoms with Crippen LogP contribution in [0.25, 0.3) is 11.1 Å². The Morgan fingerprint density at radius 1 is 1.07 bits per heavy atom. The van der Waals surface area contributed by atoms with Crippen LogP contribution in [0, 0.1) is 24.7 Å². The van der Waals surface area contributed by atoms with Gasteiger partial charge in [-0.05, 0) is 67.1 Å². The summed E-state index contributed by atoms with van der Waals surface area (Å²) in [5.74, 6) is 7.29. The molecule has 5 rings (SSSR count). The summed E-state index contributed by atoms with van der Waals surface area (Å²) in [6.45, 7) is 8.46. The zero-order valence-corrected chi connectivity index (χ0v) is 25.1. The highest BCUT2D eigenvalue weighted by molar-refractivity contribution is 5.76. The molecule has 8 nitrogen and oxygen atoms in total. The van der Waals surface area contributed by atoms with Gasteiger partial charge in [-0.2, -0.15) is 13.2 Å². The Bertz CT molecular complexity index is 1520. The molecule has 44 heavy (non-hydrogen) atoms. The van der Waals surface area contributed by atoms with E-state index in [1.165, 1.54) is 17.2 Å². The molecule has 1 amide bonds. The van der Waals surface area contributed by atoms with Crippen LogP contribution in [0.4, 0.5) is 24.5 Å². The number of aldehydes is 1. The van der Waals surface area contributed by atoms with E-state index in [1.807, 2.05) is 18.1 Å². The molecule has 0 bridgehead atoms. The highest BCUT2D eigenvalue weighted by atomic mass is 19.4. The van der Waals surface area contributed by atoms with Crippen LogP contribution in [0.5, 0.6) is 0 Å². The highest BCUT2D eigenvalue weighted by Gasteiger charge is 2.32. The van der Waals surface area contributed by atoms with Crippen molar-refractivity contribution < 1.29 is 27.5 Å². The van der Waals surface area contributed by atoms with Crippen LogP contribution in [0.2, 0.25) is 0 Å². The third-order valence-electron chi connectivity index (χ3n) is 7.60. The maximum Gasteiger partial charge on any atom is 0.433 e. The third kappa shape index (κ3) is 8.57. The summed E-state index contributed by atoms with van der Waals surface area (Å²) in [6.07, 6.45) is 0.595. The minimum Gasteiger partial charge on any atom is -0.388 e. The van der Waals surface area contributed by atoms with Gasteiger partial charge < -0.3 is 19.9 Å². The minimum absolute atomic E-state index is 0.0303. The molecule has 2 aliphatic heterocycles. The molecule has 2 fully saturated rings. The number of carbonyl (C=O) groups excluding carboxylic acids is 2. The average molecular weight is 608 g/mol. The number of alkyl halides is 3. The molecule has 2 saturated heterocycles. The molecule has 1 N–H and O–H groups in total. The van der Waals surface area contributed by atoms with Gasteiger partial charge in [0.05, 0.1) is 18.9 Å².